The summed E-state index contributed by atoms with van der Waals surface area (Å²) < 4.78 is 2.21. The molecule has 0 saturated heterocycles. The van der Waals surface area contributed by atoms with Crippen LogP contribution in [0.2, 0.25) is 0 Å². The molecule has 0 aliphatic heterocycles. The smallest absolute Gasteiger partial charge is 0.332 e. The normalized spacial score (nSPS) is 11.9. The van der Waals surface area contributed by atoms with Gasteiger partial charge in [0.25, 0.3) is 5.56 Å². The van der Waals surface area contributed by atoms with Crippen LogP contribution >= 0.6 is 11.3 Å². The highest BCUT2D eigenvalue weighted by molar-refractivity contribution is 7.10. The monoisotopic (exact) mass is 290 g/mol. The summed E-state index contributed by atoms with van der Waals surface area (Å²) in [6.45, 7) is 1.91. The number of anilines is 1. The van der Waals surface area contributed by atoms with E-state index in [1.165, 1.54) is 18.7 Å². The van der Waals surface area contributed by atoms with Gasteiger partial charge in [0.2, 0.25) is 0 Å². The van der Waals surface area contributed by atoms with Crippen LogP contribution in [0.5, 0.6) is 0 Å². The summed E-state index contributed by atoms with van der Waals surface area (Å²) in [6.07, 6.45) is 0. The van der Waals surface area contributed by atoms with Crippen LogP contribution < -0.4 is 16.6 Å². The molecule has 2 rings (SSSR count). The summed E-state index contributed by atoms with van der Waals surface area (Å²) in [7, 11) is 2.89. The lowest BCUT2D eigenvalue weighted by atomic mass is 10.2. The minimum absolute atomic E-state index is 0.0574. The molecule has 0 aliphatic carbocycles. The fourth-order valence-corrected chi connectivity index (χ4v) is 2.66. The van der Waals surface area contributed by atoms with Gasteiger partial charge in [-0.1, -0.05) is 6.07 Å². The second-order valence-electron chi connectivity index (χ2n) is 4.42. The van der Waals surface area contributed by atoms with Gasteiger partial charge in [-0.15, -0.1) is 11.3 Å². The van der Waals surface area contributed by atoms with Gasteiger partial charge in [0.1, 0.15) is 11.9 Å². The van der Waals surface area contributed by atoms with E-state index in [2.05, 4.69) is 5.32 Å². The van der Waals surface area contributed by atoms with Crippen molar-refractivity contribution in [1.29, 1.82) is 5.26 Å². The standard InChI is InChI=1S/C13H14N4O2S/c1-8(10-5-4-6-20-10)15-11-9(7-14)12(18)17(3)13(19)16(11)2/h4-6,8,15H,1-3H3. The Kier molecular flexibility index (Phi) is 3.77. The molecule has 2 heterocycles. The average molecular weight is 290 g/mol. The molecule has 20 heavy (non-hydrogen) atoms. The van der Waals surface area contributed by atoms with Crippen LogP contribution in [-0.2, 0) is 14.1 Å². The molecule has 6 nitrogen and oxygen atoms in total. The molecule has 0 amide bonds. The molecule has 0 bridgehead atoms. The molecular formula is C13H14N4O2S. The van der Waals surface area contributed by atoms with Crippen LogP contribution in [0, 0.1) is 11.3 Å². The third-order valence-corrected chi connectivity index (χ3v) is 4.15. The van der Waals surface area contributed by atoms with Gasteiger partial charge in [-0.3, -0.25) is 13.9 Å². The van der Waals surface area contributed by atoms with Crippen LogP contribution in [0.15, 0.2) is 27.1 Å². The maximum absolute atomic E-state index is 12.0. The van der Waals surface area contributed by atoms with Crippen LogP contribution in [-0.4, -0.2) is 9.13 Å². The molecule has 1 atom stereocenters. The lowest BCUT2D eigenvalue weighted by Gasteiger charge is -2.18. The predicted octanol–water partition coefficient (Wildman–Crippen LogP) is 1.19. The second-order valence-corrected chi connectivity index (χ2v) is 5.40. The van der Waals surface area contributed by atoms with Gasteiger partial charge >= 0.3 is 5.69 Å². The first kappa shape index (κ1) is 14.1. The Labute approximate surface area is 119 Å². The first-order valence-corrected chi connectivity index (χ1v) is 6.85. The van der Waals surface area contributed by atoms with Crippen molar-refractivity contribution < 1.29 is 0 Å². The van der Waals surface area contributed by atoms with Crippen molar-refractivity contribution in [2.75, 3.05) is 5.32 Å². The largest absolute Gasteiger partial charge is 0.363 e. The third kappa shape index (κ3) is 2.26. The number of thiophene rings is 1. The van der Waals surface area contributed by atoms with Gasteiger partial charge in [0, 0.05) is 19.0 Å². The molecule has 0 saturated carbocycles. The summed E-state index contributed by atoms with van der Waals surface area (Å²) in [5.41, 5.74) is -1.11. The van der Waals surface area contributed by atoms with Crippen molar-refractivity contribution in [2.24, 2.45) is 14.1 Å². The molecule has 0 spiro atoms. The zero-order chi connectivity index (χ0) is 14.9. The maximum atomic E-state index is 12.0. The highest BCUT2D eigenvalue weighted by atomic mass is 32.1. The Bertz CT molecular complexity index is 780. The van der Waals surface area contributed by atoms with E-state index in [4.69, 9.17) is 5.26 Å². The first-order chi connectivity index (χ1) is 9.47. The highest BCUT2D eigenvalue weighted by Crippen LogP contribution is 2.23. The Morgan fingerprint density at radius 1 is 1.35 bits per heavy atom. The SMILES string of the molecule is CC(Nc1c(C#N)c(=O)n(C)c(=O)n1C)c1cccs1. The summed E-state index contributed by atoms with van der Waals surface area (Å²) in [5, 5.41) is 14.2. The zero-order valence-corrected chi connectivity index (χ0v) is 12.2. The Morgan fingerprint density at radius 3 is 2.60 bits per heavy atom. The van der Waals surface area contributed by atoms with E-state index in [-0.39, 0.29) is 17.4 Å². The average Bonchev–Trinajstić information content (AvgIpc) is 2.97. The van der Waals surface area contributed by atoms with Crippen LogP contribution in [0.3, 0.4) is 0 Å². The van der Waals surface area contributed by atoms with Gasteiger partial charge in [-0.05, 0) is 18.4 Å². The molecule has 1 unspecified atom stereocenters. The highest BCUT2D eigenvalue weighted by Gasteiger charge is 2.17. The van der Waals surface area contributed by atoms with Crippen LogP contribution in [0.1, 0.15) is 23.4 Å². The molecular weight excluding hydrogens is 276 g/mol. The van der Waals surface area contributed by atoms with Gasteiger partial charge in [-0.2, -0.15) is 5.26 Å². The van der Waals surface area contributed by atoms with Gasteiger partial charge < -0.3 is 5.32 Å². The fraction of sp³-hybridized carbons (Fsp3) is 0.308. The van der Waals surface area contributed by atoms with E-state index in [9.17, 15) is 9.59 Å². The Morgan fingerprint density at radius 2 is 2.05 bits per heavy atom. The zero-order valence-electron chi connectivity index (χ0n) is 11.4. The van der Waals surface area contributed by atoms with Crippen molar-refractivity contribution in [1.82, 2.24) is 9.13 Å². The Balaban J connectivity index is 2.55. The summed E-state index contributed by atoms with van der Waals surface area (Å²) in [5.74, 6) is 0.251. The topological polar surface area (TPSA) is 79.8 Å². The predicted molar refractivity (Wildman–Crippen MR) is 78.0 cm³/mol. The first-order valence-electron chi connectivity index (χ1n) is 5.97. The van der Waals surface area contributed by atoms with E-state index in [0.717, 1.165) is 9.44 Å². The molecule has 0 aromatic carbocycles. The number of hydrogen-bond acceptors (Lipinski definition) is 5. The fourth-order valence-electron chi connectivity index (χ4n) is 1.93. The van der Waals surface area contributed by atoms with E-state index < -0.39 is 11.2 Å². The summed E-state index contributed by atoms with van der Waals surface area (Å²) in [4.78, 5) is 24.9. The molecule has 0 radical (unpaired) electrons. The van der Waals surface area contributed by atoms with Crippen molar-refractivity contribution >= 4 is 17.2 Å². The van der Waals surface area contributed by atoms with Gasteiger partial charge in [0.15, 0.2) is 5.56 Å². The molecule has 2 aromatic heterocycles. The van der Waals surface area contributed by atoms with E-state index >= 15 is 0 Å². The van der Waals surface area contributed by atoms with Gasteiger partial charge in [0.05, 0.1) is 6.04 Å². The van der Waals surface area contributed by atoms with Crippen molar-refractivity contribution in [3.8, 4) is 6.07 Å². The molecule has 1 N–H and O–H groups in total. The number of nitriles is 1. The minimum Gasteiger partial charge on any atom is -0.363 e. The summed E-state index contributed by atoms with van der Waals surface area (Å²) >= 11 is 1.57. The van der Waals surface area contributed by atoms with Crippen LogP contribution in [0.25, 0.3) is 0 Å². The Hall–Kier alpha value is -2.33. The molecule has 2 aromatic rings. The number of aromatic nitrogens is 2. The van der Waals surface area contributed by atoms with E-state index in [1.807, 2.05) is 30.5 Å². The minimum atomic E-state index is -0.587. The van der Waals surface area contributed by atoms with Crippen molar-refractivity contribution in [3.05, 3.63) is 48.8 Å². The number of nitrogens with zero attached hydrogens (tertiary/aromatic N) is 3. The van der Waals surface area contributed by atoms with Gasteiger partial charge in [-0.25, -0.2) is 4.79 Å². The molecule has 0 fully saturated rings. The molecule has 104 valence electrons. The lowest BCUT2D eigenvalue weighted by Crippen LogP contribution is -2.40. The van der Waals surface area contributed by atoms with Crippen molar-refractivity contribution in [2.45, 2.75) is 13.0 Å². The number of nitrogens with one attached hydrogen (secondary N) is 1. The summed E-state index contributed by atoms with van der Waals surface area (Å²) in [6, 6.07) is 5.65. The number of hydrogen-bond donors (Lipinski definition) is 1. The van der Waals surface area contributed by atoms with Crippen molar-refractivity contribution in [3.63, 3.8) is 0 Å². The second kappa shape index (κ2) is 5.35. The van der Waals surface area contributed by atoms with Crippen LogP contribution in [0.4, 0.5) is 5.82 Å². The molecule has 7 heteroatoms. The lowest BCUT2D eigenvalue weighted by molar-refractivity contribution is 0.679. The number of rotatable bonds is 3. The molecule has 0 aliphatic rings. The third-order valence-electron chi connectivity index (χ3n) is 3.10. The van der Waals surface area contributed by atoms with E-state index in [1.54, 1.807) is 11.3 Å². The van der Waals surface area contributed by atoms with E-state index in [0.29, 0.717) is 0 Å². The maximum Gasteiger partial charge on any atom is 0.332 e. The quantitative estimate of drug-likeness (QED) is 0.921.